The van der Waals surface area contributed by atoms with Gasteiger partial charge in [0.05, 0.1) is 11.1 Å². The Morgan fingerprint density at radius 1 is 1.18 bits per heavy atom. The topological polar surface area (TPSA) is 99.4 Å². The summed E-state index contributed by atoms with van der Waals surface area (Å²) in [4.78, 5) is 22.7. The Labute approximate surface area is 126 Å². The van der Waals surface area contributed by atoms with E-state index in [0.29, 0.717) is 0 Å². The van der Waals surface area contributed by atoms with Crippen molar-refractivity contribution in [3.63, 3.8) is 0 Å². The van der Waals surface area contributed by atoms with Gasteiger partial charge in [-0.1, -0.05) is 30.3 Å². The van der Waals surface area contributed by atoms with Crippen molar-refractivity contribution in [3.05, 3.63) is 65.2 Å². The van der Waals surface area contributed by atoms with Crippen LogP contribution in [0.5, 0.6) is 0 Å². The van der Waals surface area contributed by atoms with Crippen molar-refractivity contribution in [1.82, 2.24) is 0 Å². The molecule has 0 spiro atoms. The second-order valence-electron chi connectivity index (χ2n) is 4.36. The highest BCUT2D eigenvalue weighted by molar-refractivity contribution is 5.93. The minimum Gasteiger partial charge on any atom is -0.478 e. The first kappa shape index (κ1) is 15.1. The number of ether oxygens (including phenoxy) is 1. The lowest BCUT2D eigenvalue weighted by atomic mass is 10.1. The zero-order valence-electron chi connectivity index (χ0n) is 11.4. The van der Waals surface area contributed by atoms with Crippen LogP contribution in [0.2, 0.25) is 0 Å². The molecule has 0 bridgehead atoms. The third-order valence-corrected chi connectivity index (χ3v) is 2.83. The van der Waals surface area contributed by atoms with Crippen molar-refractivity contribution in [3.8, 4) is 6.07 Å². The van der Waals surface area contributed by atoms with E-state index in [1.54, 1.807) is 6.07 Å². The third kappa shape index (κ3) is 3.84. The van der Waals surface area contributed by atoms with Crippen LogP contribution in [0.1, 0.15) is 21.5 Å². The number of carboxylic acid groups (broad SMARTS) is 1. The molecular formula is C16H12N2O4. The fourth-order valence-corrected chi connectivity index (χ4v) is 1.77. The number of carboxylic acids is 1. The Bertz CT molecular complexity index is 736. The van der Waals surface area contributed by atoms with Gasteiger partial charge in [-0.2, -0.15) is 5.26 Å². The highest BCUT2D eigenvalue weighted by Gasteiger charge is 2.12. The van der Waals surface area contributed by atoms with Gasteiger partial charge < -0.3 is 9.84 Å². The molecule has 2 aromatic carbocycles. The Balaban J connectivity index is 2.01. The third-order valence-electron chi connectivity index (χ3n) is 2.83. The highest BCUT2D eigenvalue weighted by atomic mass is 16.5. The standard InChI is InChI=1S/C16H12N2O4/c17-9-12-6-7-13(8-14(12)15(19)20)18-16(21)22-10-11-4-2-1-3-5-11/h1-8H,10H2,(H,18,21)(H,19,20). The van der Waals surface area contributed by atoms with Gasteiger partial charge in [0, 0.05) is 5.69 Å². The first-order valence-corrected chi connectivity index (χ1v) is 6.35. The van der Waals surface area contributed by atoms with E-state index in [1.165, 1.54) is 18.2 Å². The Hall–Kier alpha value is -3.33. The molecule has 0 aliphatic heterocycles. The van der Waals surface area contributed by atoms with E-state index in [-0.39, 0.29) is 23.4 Å². The van der Waals surface area contributed by atoms with Gasteiger partial charge in [0.1, 0.15) is 12.7 Å². The number of carbonyl (C=O) groups is 2. The number of nitriles is 1. The lowest BCUT2D eigenvalue weighted by Gasteiger charge is -2.08. The number of anilines is 1. The number of amides is 1. The first-order chi connectivity index (χ1) is 10.6. The second-order valence-corrected chi connectivity index (χ2v) is 4.36. The molecule has 0 aromatic heterocycles. The monoisotopic (exact) mass is 296 g/mol. The van der Waals surface area contributed by atoms with Crippen LogP contribution in [0.25, 0.3) is 0 Å². The summed E-state index contributed by atoms with van der Waals surface area (Å²) in [5.74, 6) is -1.24. The average molecular weight is 296 g/mol. The summed E-state index contributed by atoms with van der Waals surface area (Å²) in [6, 6.07) is 14.9. The molecule has 6 nitrogen and oxygen atoms in total. The quantitative estimate of drug-likeness (QED) is 0.903. The van der Waals surface area contributed by atoms with Crippen molar-refractivity contribution in [2.75, 3.05) is 5.32 Å². The second kappa shape index (κ2) is 6.90. The highest BCUT2D eigenvalue weighted by Crippen LogP contribution is 2.16. The van der Waals surface area contributed by atoms with Crippen molar-refractivity contribution in [2.24, 2.45) is 0 Å². The van der Waals surface area contributed by atoms with Gasteiger partial charge >= 0.3 is 12.1 Å². The molecule has 0 radical (unpaired) electrons. The van der Waals surface area contributed by atoms with Gasteiger partial charge in [-0.15, -0.1) is 0 Å². The average Bonchev–Trinajstić information content (AvgIpc) is 2.54. The molecule has 0 fully saturated rings. The fourth-order valence-electron chi connectivity index (χ4n) is 1.77. The minimum atomic E-state index is -1.24. The maximum atomic E-state index is 11.7. The number of hydrogen-bond donors (Lipinski definition) is 2. The van der Waals surface area contributed by atoms with Crippen LogP contribution in [-0.2, 0) is 11.3 Å². The number of nitrogens with one attached hydrogen (secondary N) is 1. The van der Waals surface area contributed by atoms with Crippen molar-refractivity contribution in [1.29, 1.82) is 5.26 Å². The molecule has 1 amide bonds. The minimum absolute atomic E-state index is 0.0238. The molecule has 0 atom stereocenters. The SMILES string of the molecule is N#Cc1ccc(NC(=O)OCc2ccccc2)cc1C(=O)O. The van der Waals surface area contributed by atoms with Crippen LogP contribution in [-0.4, -0.2) is 17.2 Å². The van der Waals surface area contributed by atoms with E-state index in [0.717, 1.165) is 5.56 Å². The smallest absolute Gasteiger partial charge is 0.411 e. The van der Waals surface area contributed by atoms with E-state index in [9.17, 15) is 9.59 Å². The summed E-state index contributed by atoms with van der Waals surface area (Å²) in [7, 11) is 0. The molecule has 0 saturated heterocycles. The number of rotatable bonds is 4. The number of carbonyl (C=O) groups excluding carboxylic acids is 1. The van der Waals surface area contributed by atoms with E-state index in [2.05, 4.69) is 5.32 Å². The largest absolute Gasteiger partial charge is 0.478 e. The molecule has 2 aromatic rings. The van der Waals surface area contributed by atoms with Gasteiger partial charge in [0.2, 0.25) is 0 Å². The van der Waals surface area contributed by atoms with Crippen LogP contribution in [0.3, 0.4) is 0 Å². The zero-order valence-corrected chi connectivity index (χ0v) is 11.4. The van der Waals surface area contributed by atoms with E-state index < -0.39 is 12.1 Å². The molecule has 0 aliphatic rings. The Morgan fingerprint density at radius 2 is 1.91 bits per heavy atom. The molecule has 6 heteroatoms. The van der Waals surface area contributed by atoms with Gasteiger partial charge in [0.15, 0.2) is 0 Å². The predicted molar refractivity (Wildman–Crippen MR) is 78.4 cm³/mol. The van der Waals surface area contributed by atoms with Crippen molar-refractivity contribution < 1.29 is 19.4 Å². The maximum absolute atomic E-state index is 11.7. The Kier molecular flexibility index (Phi) is 4.73. The molecule has 0 aliphatic carbocycles. The van der Waals surface area contributed by atoms with Gasteiger partial charge in [0.25, 0.3) is 0 Å². The molecule has 0 saturated carbocycles. The first-order valence-electron chi connectivity index (χ1n) is 6.35. The van der Waals surface area contributed by atoms with Gasteiger partial charge in [-0.25, -0.2) is 9.59 Å². The van der Waals surface area contributed by atoms with Crippen LogP contribution >= 0.6 is 0 Å². The normalized spacial score (nSPS) is 9.59. The van der Waals surface area contributed by atoms with E-state index in [4.69, 9.17) is 15.1 Å². The Morgan fingerprint density at radius 3 is 2.55 bits per heavy atom. The molecule has 2 N–H and O–H groups in total. The van der Waals surface area contributed by atoms with Crippen LogP contribution in [0.15, 0.2) is 48.5 Å². The van der Waals surface area contributed by atoms with E-state index >= 15 is 0 Å². The molecule has 110 valence electrons. The van der Waals surface area contributed by atoms with Gasteiger partial charge in [-0.3, -0.25) is 5.32 Å². The number of nitrogens with zero attached hydrogens (tertiary/aromatic N) is 1. The molecule has 0 heterocycles. The lowest BCUT2D eigenvalue weighted by molar-refractivity contribution is 0.0696. The molecule has 2 rings (SSSR count). The van der Waals surface area contributed by atoms with Crippen molar-refractivity contribution in [2.45, 2.75) is 6.61 Å². The van der Waals surface area contributed by atoms with Gasteiger partial charge in [-0.05, 0) is 23.8 Å². The molecule has 22 heavy (non-hydrogen) atoms. The number of aromatic carboxylic acids is 1. The predicted octanol–water partition coefficient (Wildman–Crippen LogP) is 3.01. The summed E-state index contributed by atoms with van der Waals surface area (Å²) >= 11 is 0. The maximum Gasteiger partial charge on any atom is 0.411 e. The lowest BCUT2D eigenvalue weighted by Crippen LogP contribution is -2.14. The van der Waals surface area contributed by atoms with Crippen molar-refractivity contribution >= 4 is 17.7 Å². The summed E-state index contributed by atoms with van der Waals surface area (Å²) in [6.45, 7) is 0.106. The summed E-state index contributed by atoms with van der Waals surface area (Å²) in [5, 5.41) is 20.3. The van der Waals surface area contributed by atoms with E-state index in [1.807, 2.05) is 30.3 Å². The summed E-state index contributed by atoms with van der Waals surface area (Å²) in [5.41, 5.74) is 0.928. The number of benzene rings is 2. The fraction of sp³-hybridized carbons (Fsp3) is 0.0625. The molecule has 0 unspecified atom stereocenters. The number of hydrogen-bond acceptors (Lipinski definition) is 4. The zero-order chi connectivity index (χ0) is 15.9. The summed E-state index contributed by atoms with van der Waals surface area (Å²) in [6.07, 6.45) is -0.704. The van der Waals surface area contributed by atoms with Crippen LogP contribution < -0.4 is 5.32 Å². The summed E-state index contributed by atoms with van der Waals surface area (Å²) < 4.78 is 5.03. The molecular weight excluding hydrogens is 284 g/mol. The van der Waals surface area contributed by atoms with Crippen LogP contribution in [0, 0.1) is 11.3 Å². The van der Waals surface area contributed by atoms with Crippen LogP contribution in [0.4, 0.5) is 10.5 Å².